The van der Waals surface area contributed by atoms with Gasteiger partial charge in [0, 0.05) is 50.7 Å². The van der Waals surface area contributed by atoms with Gasteiger partial charge in [-0.25, -0.2) is 0 Å². The molecule has 2 unspecified atom stereocenters. The lowest BCUT2D eigenvalue weighted by atomic mass is 10.0. The fourth-order valence-electron chi connectivity index (χ4n) is 2.78. The van der Waals surface area contributed by atoms with E-state index >= 15 is 0 Å². The second kappa shape index (κ2) is 6.27. The van der Waals surface area contributed by atoms with Crippen LogP contribution in [0.5, 0.6) is 0 Å². The van der Waals surface area contributed by atoms with Crippen LogP contribution in [0.4, 0.5) is 0 Å². The molecule has 4 heteroatoms. The number of hydrogen-bond acceptors (Lipinski definition) is 4. The molecule has 1 saturated heterocycles. The molecule has 1 fully saturated rings. The minimum absolute atomic E-state index is 0.329. The summed E-state index contributed by atoms with van der Waals surface area (Å²) in [6.45, 7) is 6.26. The van der Waals surface area contributed by atoms with E-state index in [4.69, 9.17) is 5.73 Å². The van der Waals surface area contributed by atoms with Gasteiger partial charge in [0.05, 0.1) is 0 Å². The van der Waals surface area contributed by atoms with E-state index in [1.807, 2.05) is 12.4 Å². The molecule has 0 aromatic carbocycles. The summed E-state index contributed by atoms with van der Waals surface area (Å²) in [5.74, 6) is 0. The van der Waals surface area contributed by atoms with Crippen LogP contribution in [-0.2, 0) is 0 Å². The van der Waals surface area contributed by atoms with Gasteiger partial charge in [-0.3, -0.25) is 9.88 Å². The van der Waals surface area contributed by atoms with Gasteiger partial charge < -0.3 is 10.6 Å². The fraction of sp³-hybridized carbons (Fsp3) is 0.643. The fourth-order valence-corrected chi connectivity index (χ4v) is 2.78. The Labute approximate surface area is 110 Å². The Hall–Kier alpha value is -0.970. The molecule has 0 aliphatic carbocycles. The molecule has 4 nitrogen and oxygen atoms in total. The third-order valence-electron chi connectivity index (χ3n) is 4.03. The second-order valence-corrected chi connectivity index (χ2v) is 5.07. The van der Waals surface area contributed by atoms with Gasteiger partial charge >= 0.3 is 0 Å². The summed E-state index contributed by atoms with van der Waals surface area (Å²) in [4.78, 5) is 9.06. The largest absolute Gasteiger partial charge is 0.329 e. The molecule has 2 rings (SSSR count). The molecule has 1 aromatic heterocycles. The van der Waals surface area contributed by atoms with Crippen LogP contribution in [0.1, 0.15) is 24.9 Å². The number of piperazine rings is 1. The van der Waals surface area contributed by atoms with E-state index in [1.54, 1.807) is 0 Å². The summed E-state index contributed by atoms with van der Waals surface area (Å²) in [5.41, 5.74) is 7.27. The molecule has 1 aliphatic rings. The smallest absolute Gasteiger partial charge is 0.0472 e. The summed E-state index contributed by atoms with van der Waals surface area (Å²) in [5, 5.41) is 0. The van der Waals surface area contributed by atoms with Crippen LogP contribution in [-0.4, -0.2) is 54.1 Å². The maximum Gasteiger partial charge on any atom is 0.0472 e. The minimum atomic E-state index is 0.329. The number of aromatic nitrogens is 1. The molecule has 0 spiro atoms. The van der Waals surface area contributed by atoms with Crippen LogP contribution in [0.2, 0.25) is 0 Å². The average molecular weight is 248 g/mol. The molecular weight excluding hydrogens is 224 g/mol. The van der Waals surface area contributed by atoms with Gasteiger partial charge in [0.15, 0.2) is 0 Å². The summed E-state index contributed by atoms with van der Waals surface area (Å²) < 4.78 is 0. The zero-order valence-corrected chi connectivity index (χ0v) is 11.4. The van der Waals surface area contributed by atoms with E-state index in [9.17, 15) is 0 Å². The van der Waals surface area contributed by atoms with Crippen molar-refractivity contribution in [3.63, 3.8) is 0 Å². The van der Waals surface area contributed by atoms with Crippen molar-refractivity contribution in [3.05, 3.63) is 30.1 Å². The Morgan fingerprint density at radius 1 is 1.39 bits per heavy atom. The van der Waals surface area contributed by atoms with Crippen molar-refractivity contribution in [1.29, 1.82) is 0 Å². The van der Waals surface area contributed by atoms with E-state index in [-0.39, 0.29) is 0 Å². The highest BCUT2D eigenvalue weighted by Gasteiger charge is 2.27. The normalized spacial score (nSPS) is 24.1. The van der Waals surface area contributed by atoms with Gasteiger partial charge in [0.1, 0.15) is 0 Å². The Morgan fingerprint density at radius 3 is 2.72 bits per heavy atom. The van der Waals surface area contributed by atoms with Crippen molar-refractivity contribution in [2.75, 3.05) is 33.2 Å². The van der Waals surface area contributed by atoms with Crippen molar-refractivity contribution < 1.29 is 0 Å². The topological polar surface area (TPSA) is 45.4 Å². The number of nitrogens with two attached hydrogens (primary N) is 1. The number of pyridine rings is 1. The molecule has 2 N–H and O–H groups in total. The van der Waals surface area contributed by atoms with Crippen molar-refractivity contribution in [1.82, 2.24) is 14.8 Å². The second-order valence-electron chi connectivity index (χ2n) is 5.07. The van der Waals surface area contributed by atoms with Crippen molar-refractivity contribution in [2.24, 2.45) is 5.73 Å². The summed E-state index contributed by atoms with van der Waals surface area (Å²) in [6.07, 6.45) is 4.90. The number of hydrogen-bond donors (Lipinski definition) is 1. The standard InChI is InChI=1S/C14H24N4/c1-3-13-11-18(9-8-17(13)2)14(10-15)12-4-6-16-7-5-12/h4-7,13-14H,3,8-11,15H2,1-2H3. The molecular formula is C14H24N4. The lowest BCUT2D eigenvalue weighted by Crippen LogP contribution is -2.53. The maximum absolute atomic E-state index is 5.98. The highest BCUT2D eigenvalue weighted by molar-refractivity contribution is 5.16. The van der Waals surface area contributed by atoms with Gasteiger partial charge in [0.25, 0.3) is 0 Å². The molecule has 2 atom stereocenters. The van der Waals surface area contributed by atoms with E-state index < -0.39 is 0 Å². The van der Waals surface area contributed by atoms with Gasteiger partial charge in [-0.2, -0.15) is 0 Å². The quantitative estimate of drug-likeness (QED) is 0.867. The lowest BCUT2D eigenvalue weighted by Gasteiger charge is -2.42. The van der Waals surface area contributed by atoms with E-state index in [1.165, 1.54) is 12.0 Å². The van der Waals surface area contributed by atoms with Gasteiger partial charge in [-0.15, -0.1) is 0 Å². The van der Waals surface area contributed by atoms with Crippen LogP contribution in [0.15, 0.2) is 24.5 Å². The van der Waals surface area contributed by atoms with Crippen molar-refractivity contribution in [2.45, 2.75) is 25.4 Å². The number of likely N-dealkylation sites (N-methyl/N-ethyl adjacent to an activating group) is 1. The highest BCUT2D eigenvalue weighted by atomic mass is 15.3. The summed E-state index contributed by atoms with van der Waals surface area (Å²) >= 11 is 0. The Balaban J connectivity index is 2.09. The predicted octanol–water partition coefficient (Wildman–Crippen LogP) is 1.11. The SMILES string of the molecule is CCC1CN(C(CN)c2ccncc2)CCN1C. The molecule has 1 aromatic rings. The van der Waals surface area contributed by atoms with Crippen LogP contribution in [0.3, 0.4) is 0 Å². The number of rotatable bonds is 4. The van der Waals surface area contributed by atoms with Crippen LogP contribution in [0, 0.1) is 0 Å². The van der Waals surface area contributed by atoms with Crippen molar-refractivity contribution in [3.8, 4) is 0 Å². The predicted molar refractivity (Wildman–Crippen MR) is 74.3 cm³/mol. The van der Waals surface area contributed by atoms with Crippen LogP contribution >= 0.6 is 0 Å². The zero-order valence-electron chi connectivity index (χ0n) is 11.4. The first kappa shape index (κ1) is 13.5. The molecule has 18 heavy (non-hydrogen) atoms. The molecule has 100 valence electrons. The van der Waals surface area contributed by atoms with Gasteiger partial charge in [-0.1, -0.05) is 6.92 Å². The Bertz CT molecular complexity index is 354. The first-order valence-electron chi connectivity index (χ1n) is 6.80. The Kier molecular flexibility index (Phi) is 4.69. The van der Waals surface area contributed by atoms with E-state index in [0.717, 1.165) is 19.6 Å². The average Bonchev–Trinajstić information content (AvgIpc) is 2.42. The molecule has 0 radical (unpaired) electrons. The molecule has 0 saturated carbocycles. The van der Waals surface area contributed by atoms with E-state index in [0.29, 0.717) is 18.6 Å². The van der Waals surface area contributed by atoms with Gasteiger partial charge in [0.2, 0.25) is 0 Å². The third-order valence-corrected chi connectivity index (χ3v) is 4.03. The number of nitrogens with zero attached hydrogens (tertiary/aromatic N) is 3. The monoisotopic (exact) mass is 248 g/mol. The molecule has 0 bridgehead atoms. The Morgan fingerprint density at radius 2 is 2.11 bits per heavy atom. The minimum Gasteiger partial charge on any atom is -0.329 e. The molecule has 1 aliphatic heterocycles. The van der Waals surface area contributed by atoms with Crippen LogP contribution in [0.25, 0.3) is 0 Å². The summed E-state index contributed by atoms with van der Waals surface area (Å²) in [6, 6.07) is 5.14. The summed E-state index contributed by atoms with van der Waals surface area (Å²) in [7, 11) is 2.22. The third kappa shape index (κ3) is 2.88. The van der Waals surface area contributed by atoms with Crippen molar-refractivity contribution >= 4 is 0 Å². The first-order chi connectivity index (χ1) is 8.76. The lowest BCUT2D eigenvalue weighted by molar-refractivity contribution is 0.0643. The molecule has 0 amide bonds. The van der Waals surface area contributed by atoms with Gasteiger partial charge in [-0.05, 0) is 31.2 Å². The highest BCUT2D eigenvalue weighted by Crippen LogP contribution is 2.23. The molecule has 2 heterocycles. The first-order valence-corrected chi connectivity index (χ1v) is 6.80. The van der Waals surface area contributed by atoms with E-state index in [2.05, 4.69) is 40.9 Å². The maximum atomic E-state index is 5.98. The zero-order chi connectivity index (χ0) is 13.0. The van der Waals surface area contributed by atoms with Crippen LogP contribution < -0.4 is 5.73 Å².